The standard InChI is InChI=1S/C16H15FN4O5S/c1-7(15(25)26)27-16-20-12(18-8(2)22)11(14(24)21-16)19-13(23)9-3-5-10(17)6-4-9/h3-7H,1-2H3,(H,19,23)(H,25,26)(H2,18,20,21,22,24)/t7-/m1/s1. The number of thioether (sulfide) groups is 1. The smallest absolute Gasteiger partial charge is 0.316 e. The molecule has 2 aromatic rings. The lowest BCUT2D eigenvalue weighted by molar-refractivity contribution is -0.136. The Morgan fingerprint density at radius 3 is 2.41 bits per heavy atom. The summed E-state index contributed by atoms with van der Waals surface area (Å²) in [6.07, 6.45) is 0. The zero-order valence-corrected chi connectivity index (χ0v) is 15.0. The van der Waals surface area contributed by atoms with Crippen LogP contribution in [0.5, 0.6) is 0 Å². The van der Waals surface area contributed by atoms with E-state index in [1.807, 2.05) is 0 Å². The van der Waals surface area contributed by atoms with Gasteiger partial charge < -0.3 is 15.7 Å². The Bertz CT molecular complexity index is 945. The molecule has 0 saturated carbocycles. The number of hydrogen-bond donors (Lipinski definition) is 4. The molecule has 1 heterocycles. The molecule has 2 amide bonds. The molecule has 11 heteroatoms. The van der Waals surface area contributed by atoms with Crippen molar-refractivity contribution < 1.29 is 23.9 Å². The largest absolute Gasteiger partial charge is 0.480 e. The van der Waals surface area contributed by atoms with Gasteiger partial charge in [0.05, 0.1) is 0 Å². The Balaban J connectivity index is 2.37. The fourth-order valence-electron chi connectivity index (χ4n) is 1.89. The number of rotatable bonds is 6. The number of carboxylic acids is 1. The monoisotopic (exact) mass is 394 g/mol. The van der Waals surface area contributed by atoms with Gasteiger partial charge in [-0.1, -0.05) is 11.8 Å². The number of carbonyl (C=O) groups is 3. The normalized spacial score (nSPS) is 11.5. The second-order valence-corrected chi connectivity index (χ2v) is 6.66. The van der Waals surface area contributed by atoms with Crippen molar-refractivity contribution >= 4 is 41.1 Å². The highest BCUT2D eigenvalue weighted by Gasteiger charge is 2.20. The van der Waals surface area contributed by atoms with Crippen LogP contribution >= 0.6 is 11.8 Å². The van der Waals surface area contributed by atoms with Gasteiger partial charge in [-0.25, -0.2) is 9.37 Å². The van der Waals surface area contributed by atoms with Gasteiger partial charge in [0.15, 0.2) is 16.7 Å². The number of aromatic nitrogens is 2. The van der Waals surface area contributed by atoms with E-state index < -0.39 is 34.4 Å². The van der Waals surface area contributed by atoms with Crippen LogP contribution in [0.3, 0.4) is 0 Å². The molecule has 0 fully saturated rings. The molecule has 0 unspecified atom stereocenters. The van der Waals surface area contributed by atoms with E-state index in [2.05, 4.69) is 20.6 Å². The number of nitrogens with one attached hydrogen (secondary N) is 3. The van der Waals surface area contributed by atoms with Gasteiger partial charge in [-0.3, -0.25) is 24.2 Å². The van der Waals surface area contributed by atoms with E-state index in [1.54, 1.807) is 0 Å². The molecule has 0 spiro atoms. The van der Waals surface area contributed by atoms with Crippen LogP contribution in [0, 0.1) is 5.82 Å². The quantitative estimate of drug-likeness (QED) is 0.431. The molecule has 27 heavy (non-hydrogen) atoms. The molecule has 0 radical (unpaired) electrons. The Morgan fingerprint density at radius 2 is 1.85 bits per heavy atom. The zero-order chi connectivity index (χ0) is 20.1. The fourth-order valence-corrected chi connectivity index (χ4v) is 2.62. The first-order chi connectivity index (χ1) is 12.7. The zero-order valence-electron chi connectivity index (χ0n) is 14.2. The average Bonchev–Trinajstić information content (AvgIpc) is 2.57. The Kier molecular flexibility index (Phi) is 6.29. The first-order valence-corrected chi connectivity index (χ1v) is 8.43. The lowest BCUT2D eigenvalue weighted by atomic mass is 10.2. The van der Waals surface area contributed by atoms with E-state index in [1.165, 1.54) is 26.0 Å². The van der Waals surface area contributed by atoms with Crippen LogP contribution in [0.2, 0.25) is 0 Å². The number of benzene rings is 1. The molecule has 1 aromatic heterocycles. The van der Waals surface area contributed by atoms with Crippen LogP contribution in [0.4, 0.5) is 15.9 Å². The number of halogens is 1. The molecule has 0 bridgehead atoms. The van der Waals surface area contributed by atoms with E-state index in [-0.39, 0.29) is 22.2 Å². The third-order valence-electron chi connectivity index (χ3n) is 3.17. The van der Waals surface area contributed by atoms with Crippen molar-refractivity contribution in [1.82, 2.24) is 9.97 Å². The maximum atomic E-state index is 13.0. The second-order valence-electron chi connectivity index (χ2n) is 5.34. The van der Waals surface area contributed by atoms with Crippen LogP contribution < -0.4 is 16.2 Å². The van der Waals surface area contributed by atoms with Crippen LogP contribution in [-0.4, -0.2) is 38.1 Å². The molecule has 0 saturated heterocycles. The molecular weight excluding hydrogens is 379 g/mol. The Hall–Kier alpha value is -3.21. The molecule has 142 valence electrons. The fraction of sp³-hybridized carbons (Fsp3) is 0.188. The number of anilines is 2. The van der Waals surface area contributed by atoms with Crippen LogP contribution in [-0.2, 0) is 9.59 Å². The van der Waals surface area contributed by atoms with Crippen LogP contribution in [0.1, 0.15) is 24.2 Å². The maximum Gasteiger partial charge on any atom is 0.316 e. The summed E-state index contributed by atoms with van der Waals surface area (Å²) < 4.78 is 13.0. The average molecular weight is 394 g/mol. The summed E-state index contributed by atoms with van der Waals surface area (Å²) in [7, 11) is 0. The van der Waals surface area contributed by atoms with Crippen molar-refractivity contribution in [1.29, 1.82) is 0 Å². The van der Waals surface area contributed by atoms with Gasteiger partial charge in [-0.05, 0) is 31.2 Å². The second kappa shape index (κ2) is 8.45. The van der Waals surface area contributed by atoms with Gasteiger partial charge in [0, 0.05) is 12.5 Å². The minimum Gasteiger partial charge on any atom is -0.480 e. The minimum atomic E-state index is -1.11. The highest BCUT2D eigenvalue weighted by Crippen LogP contribution is 2.23. The summed E-state index contributed by atoms with van der Waals surface area (Å²) in [6, 6.07) is 4.62. The third kappa shape index (κ3) is 5.38. The van der Waals surface area contributed by atoms with E-state index in [9.17, 15) is 23.6 Å². The Labute approximate surface area is 156 Å². The van der Waals surface area contributed by atoms with E-state index in [0.29, 0.717) is 0 Å². The van der Waals surface area contributed by atoms with Gasteiger partial charge in [-0.15, -0.1) is 0 Å². The summed E-state index contributed by atoms with van der Waals surface area (Å²) in [5.41, 5.74) is -1.03. The summed E-state index contributed by atoms with van der Waals surface area (Å²) >= 11 is 0.761. The van der Waals surface area contributed by atoms with Gasteiger partial charge in [-0.2, -0.15) is 0 Å². The topological polar surface area (TPSA) is 141 Å². The summed E-state index contributed by atoms with van der Waals surface area (Å²) in [5, 5.41) is 12.6. The number of aliphatic carboxylic acids is 1. The van der Waals surface area contributed by atoms with E-state index in [0.717, 1.165) is 23.9 Å². The SMILES string of the molecule is CC(=O)Nc1nc(S[C@H](C)C(=O)O)[nH]c(=O)c1NC(=O)c1ccc(F)cc1. The number of H-pyrrole nitrogens is 1. The van der Waals surface area contributed by atoms with Gasteiger partial charge in [0.2, 0.25) is 5.91 Å². The predicted octanol–water partition coefficient (Wildman–Crippen LogP) is 1.68. The van der Waals surface area contributed by atoms with Crippen LogP contribution in [0.15, 0.2) is 34.2 Å². The van der Waals surface area contributed by atoms with E-state index >= 15 is 0 Å². The van der Waals surface area contributed by atoms with Crippen molar-refractivity contribution in [2.24, 2.45) is 0 Å². The van der Waals surface area contributed by atoms with Crippen molar-refractivity contribution in [2.45, 2.75) is 24.3 Å². The molecule has 1 atom stereocenters. The third-order valence-corrected chi connectivity index (χ3v) is 4.15. The molecule has 2 rings (SSSR count). The number of aromatic amines is 1. The Morgan fingerprint density at radius 1 is 1.22 bits per heavy atom. The van der Waals surface area contributed by atoms with E-state index in [4.69, 9.17) is 5.11 Å². The molecule has 9 nitrogen and oxygen atoms in total. The first-order valence-electron chi connectivity index (χ1n) is 7.55. The van der Waals surface area contributed by atoms with Gasteiger partial charge in [0.1, 0.15) is 11.1 Å². The molecule has 0 aliphatic heterocycles. The number of amides is 2. The highest BCUT2D eigenvalue weighted by atomic mass is 32.2. The summed E-state index contributed by atoms with van der Waals surface area (Å²) in [5.74, 6) is -3.14. The number of carboxylic acid groups (broad SMARTS) is 1. The van der Waals surface area contributed by atoms with Crippen molar-refractivity contribution in [2.75, 3.05) is 10.6 Å². The van der Waals surface area contributed by atoms with Crippen molar-refractivity contribution in [3.8, 4) is 0 Å². The number of carbonyl (C=O) groups excluding carboxylic acids is 2. The van der Waals surface area contributed by atoms with Crippen molar-refractivity contribution in [3.63, 3.8) is 0 Å². The molecular formula is C16H15FN4O5S. The minimum absolute atomic E-state index is 0.0431. The molecule has 0 aliphatic rings. The summed E-state index contributed by atoms with van der Waals surface area (Å²) in [4.78, 5) is 53.3. The van der Waals surface area contributed by atoms with Crippen molar-refractivity contribution in [3.05, 3.63) is 46.0 Å². The summed E-state index contributed by atoms with van der Waals surface area (Å²) in [6.45, 7) is 2.58. The molecule has 1 aromatic carbocycles. The lowest BCUT2D eigenvalue weighted by Gasteiger charge is -2.12. The van der Waals surface area contributed by atoms with Crippen LogP contribution in [0.25, 0.3) is 0 Å². The highest BCUT2D eigenvalue weighted by molar-refractivity contribution is 8.00. The first kappa shape index (κ1) is 20.1. The lowest BCUT2D eigenvalue weighted by Crippen LogP contribution is -2.25. The maximum absolute atomic E-state index is 13.0. The molecule has 4 N–H and O–H groups in total. The van der Waals surface area contributed by atoms with Gasteiger partial charge in [0.25, 0.3) is 11.5 Å². The number of nitrogens with zero attached hydrogens (tertiary/aromatic N) is 1. The molecule has 0 aliphatic carbocycles. The van der Waals surface area contributed by atoms with Gasteiger partial charge >= 0.3 is 5.97 Å². The number of hydrogen-bond acceptors (Lipinski definition) is 6. The predicted molar refractivity (Wildman–Crippen MR) is 96.5 cm³/mol.